The maximum atomic E-state index is 12.7. The number of carbonyl (C=O) groups excluding carboxylic acids is 1. The van der Waals surface area contributed by atoms with Gasteiger partial charge in [-0.05, 0) is 48.6 Å². The van der Waals surface area contributed by atoms with Crippen LogP contribution in [0.5, 0.6) is 0 Å². The second kappa shape index (κ2) is 7.68. The van der Waals surface area contributed by atoms with Gasteiger partial charge in [0.2, 0.25) is 0 Å². The molecule has 0 bridgehead atoms. The summed E-state index contributed by atoms with van der Waals surface area (Å²) in [5, 5.41) is 4.01. The van der Waals surface area contributed by atoms with Gasteiger partial charge in [0.25, 0.3) is 0 Å². The Labute approximate surface area is 159 Å². The van der Waals surface area contributed by atoms with Crippen molar-refractivity contribution in [3.8, 4) is 0 Å². The number of para-hydroxylation sites is 1. The van der Waals surface area contributed by atoms with Crippen LogP contribution in [0.4, 0.5) is 10.5 Å². The smallest absolute Gasteiger partial charge is 0.322 e. The third-order valence-corrected chi connectivity index (χ3v) is 5.62. The number of hydrogen-bond acceptors (Lipinski definition) is 2. The van der Waals surface area contributed by atoms with Crippen LogP contribution in [0, 0.1) is 0 Å². The molecule has 5 heteroatoms. The molecule has 0 aliphatic carbocycles. The first kappa shape index (κ1) is 17.4. The number of nitrogens with zero attached hydrogens (tertiary/aromatic N) is 2. The fourth-order valence-corrected chi connectivity index (χ4v) is 4.01. The number of carbonyl (C=O) groups is 1. The summed E-state index contributed by atoms with van der Waals surface area (Å²) < 4.78 is 0. The SMILES string of the molecule is O=C(NC1CCN(Cc2ccc(Cl)cc2)CC1)N1CCc2ccccc21. The minimum Gasteiger partial charge on any atom is -0.335 e. The van der Waals surface area contributed by atoms with E-state index in [1.165, 1.54) is 11.1 Å². The highest BCUT2D eigenvalue weighted by Crippen LogP contribution is 2.27. The van der Waals surface area contributed by atoms with Crippen molar-refractivity contribution >= 4 is 23.3 Å². The van der Waals surface area contributed by atoms with Gasteiger partial charge in [-0.25, -0.2) is 4.79 Å². The fraction of sp³-hybridized carbons (Fsp3) is 0.381. The summed E-state index contributed by atoms with van der Waals surface area (Å²) in [6.45, 7) is 3.73. The van der Waals surface area contributed by atoms with Gasteiger partial charge in [-0.15, -0.1) is 0 Å². The van der Waals surface area contributed by atoms with Crippen LogP contribution < -0.4 is 10.2 Å². The Morgan fingerprint density at radius 2 is 1.77 bits per heavy atom. The lowest BCUT2D eigenvalue weighted by Crippen LogP contribution is -2.48. The number of nitrogens with one attached hydrogen (secondary N) is 1. The summed E-state index contributed by atoms with van der Waals surface area (Å²) in [6.07, 6.45) is 2.94. The zero-order chi connectivity index (χ0) is 17.9. The van der Waals surface area contributed by atoms with Gasteiger partial charge in [-0.3, -0.25) is 9.80 Å². The van der Waals surface area contributed by atoms with Gasteiger partial charge in [-0.2, -0.15) is 0 Å². The van der Waals surface area contributed by atoms with Crippen LogP contribution in [0.1, 0.15) is 24.0 Å². The highest BCUT2D eigenvalue weighted by molar-refractivity contribution is 6.30. The molecule has 0 radical (unpaired) electrons. The zero-order valence-electron chi connectivity index (χ0n) is 14.8. The van der Waals surface area contributed by atoms with Gasteiger partial charge in [-0.1, -0.05) is 41.9 Å². The van der Waals surface area contributed by atoms with Crippen molar-refractivity contribution in [3.63, 3.8) is 0 Å². The Balaban J connectivity index is 1.27. The number of likely N-dealkylation sites (tertiary alicyclic amines) is 1. The largest absolute Gasteiger partial charge is 0.335 e. The number of rotatable bonds is 3. The van der Waals surface area contributed by atoms with E-state index in [1.807, 2.05) is 35.2 Å². The summed E-state index contributed by atoms with van der Waals surface area (Å²) in [5.74, 6) is 0. The van der Waals surface area contributed by atoms with Gasteiger partial charge in [0, 0.05) is 42.9 Å². The first-order valence-corrected chi connectivity index (χ1v) is 9.69. The van der Waals surface area contributed by atoms with Crippen molar-refractivity contribution in [3.05, 3.63) is 64.7 Å². The predicted molar refractivity (Wildman–Crippen MR) is 106 cm³/mol. The molecule has 2 aliphatic rings. The highest BCUT2D eigenvalue weighted by Gasteiger charge is 2.27. The normalized spacial score (nSPS) is 18.0. The molecule has 0 atom stereocenters. The quantitative estimate of drug-likeness (QED) is 0.884. The number of piperidine rings is 1. The maximum absolute atomic E-state index is 12.7. The van der Waals surface area contributed by atoms with Gasteiger partial charge < -0.3 is 5.32 Å². The molecule has 1 saturated heterocycles. The molecule has 136 valence electrons. The van der Waals surface area contributed by atoms with Crippen LogP contribution in [0.3, 0.4) is 0 Å². The molecule has 2 aromatic carbocycles. The summed E-state index contributed by atoms with van der Waals surface area (Å²) in [5.41, 5.74) is 3.61. The van der Waals surface area contributed by atoms with Gasteiger partial charge in [0.1, 0.15) is 0 Å². The average Bonchev–Trinajstić information content (AvgIpc) is 3.09. The van der Waals surface area contributed by atoms with Crippen LogP contribution in [0.15, 0.2) is 48.5 Å². The lowest BCUT2D eigenvalue weighted by molar-refractivity contribution is 0.188. The van der Waals surface area contributed by atoms with Crippen molar-refractivity contribution in [2.24, 2.45) is 0 Å². The van der Waals surface area contributed by atoms with E-state index >= 15 is 0 Å². The number of urea groups is 1. The second-order valence-electron chi connectivity index (χ2n) is 7.16. The fourth-order valence-electron chi connectivity index (χ4n) is 3.89. The summed E-state index contributed by atoms with van der Waals surface area (Å²) in [6, 6.07) is 16.5. The van der Waals surface area contributed by atoms with E-state index in [0.29, 0.717) is 0 Å². The third kappa shape index (κ3) is 3.87. The van der Waals surface area contributed by atoms with Crippen molar-refractivity contribution in [2.75, 3.05) is 24.5 Å². The Hall–Kier alpha value is -2.04. The van der Waals surface area contributed by atoms with Crippen LogP contribution in [-0.4, -0.2) is 36.6 Å². The number of benzene rings is 2. The lowest BCUT2D eigenvalue weighted by atomic mass is 10.0. The van der Waals surface area contributed by atoms with E-state index in [-0.39, 0.29) is 12.1 Å². The first-order chi connectivity index (χ1) is 12.7. The molecule has 2 heterocycles. The van der Waals surface area contributed by atoms with Gasteiger partial charge in [0.15, 0.2) is 0 Å². The van der Waals surface area contributed by atoms with Crippen molar-refractivity contribution in [1.29, 1.82) is 0 Å². The van der Waals surface area contributed by atoms with E-state index in [2.05, 4.69) is 28.4 Å². The Morgan fingerprint density at radius 3 is 2.54 bits per heavy atom. The molecule has 0 aromatic heterocycles. The van der Waals surface area contributed by atoms with E-state index < -0.39 is 0 Å². The predicted octanol–water partition coefficient (Wildman–Crippen LogP) is 4.08. The third-order valence-electron chi connectivity index (χ3n) is 5.37. The summed E-state index contributed by atoms with van der Waals surface area (Å²) >= 11 is 5.95. The van der Waals surface area contributed by atoms with Crippen LogP contribution >= 0.6 is 11.6 Å². The zero-order valence-corrected chi connectivity index (χ0v) is 15.6. The molecule has 1 N–H and O–H groups in total. The number of anilines is 1. The topological polar surface area (TPSA) is 35.6 Å². The number of fused-ring (bicyclic) bond motifs is 1. The molecule has 0 spiro atoms. The Bertz CT molecular complexity index is 769. The average molecular weight is 370 g/mol. The molecule has 2 amide bonds. The Kier molecular flexibility index (Phi) is 5.14. The molecule has 2 aromatic rings. The van der Waals surface area contributed by atoms with Crippen molar-refractivity contribution < 1.29 is 4.79 Å². The molecule has 2 aliphatic heterocycles. The van der Waals surface area contributed by atoms with Crippen LogP contribution in [0.2, 0.25) is 5.02 Å². The molecular weight excluding hydrogens is 346 g/mol. The number of halogens is 1. The monoisotopic (exact) mass is 369 g/mol. The minimum absolute atomic E-state index is 0.0473. The van der Waals surface area contributed by atoms with E-state index in [9.17, 15) is 4.79 Å². The first-order valence-electron chi connectivity index (χ1n) is 9.32. The molecule has 1 fully saturated rings. The molecule has 0 unspecified atom stereocenters. The van der Waals surface area contributed by atoms with Gasteiger partial charge in [0.05, 0.1) is 0 Å². The summed E-state index contributed by atoms with van der Waals surface area (Å²) in [4.78, 5) is 17.0. The Morgan fingerprint density at radius 1 is 1.04 bits per heavy atom. The van der Waals surface area contributed by atoms with E-state index in [0.717, 1.165) is 56.2 Å². The lowest BCUT2D eigenvalue weighted by Gasteiger charge is -2.33. The molecule has 26 heavy (non-hydrogen) atoms. The number of amides is 2. The molecular formula is C21H24ClN3O. The van der Waals surface area contributed by atoms with Crippen LogP contribution in [-0.2, 0) is 13.0 Å². The van der Waals surface area contributed by atoms with Gasteiger partial charge >= 0.3 is 6.03 Å². The molecule has 4 rings (SSSR count). The summed E-state index contributed by atoms with van der Waals surface area (Å²) in [7, 11) is 0. The van der Waals surface area contributed by atoms with Crippen molar-refractivity contribution in [2.45, 2.75) is 31.8 Å². The maximum Gasteiger partial charge on any atom is 0.322 e. The highest BCUT2D eigenvalue weighted by atomic mass is 35.5. The van der Waals surface area contributed by atoms with Crippen molar-refractivity contribution in [1.82, 2.24) is 10.2 Å². The van der Waals surface area contributed by atoms with Crippen LogP contribution in [0.25, 0.3) is 0 Å². The van der Waals surface area contributed by atoms with E-state index in [4.69, 9.17) is 11.6 Å². The molecule has 0 saturated carbocycles. The van der Waals surface area contributed by atoms with E-state index in [1.54, 1.807) is 0 Å². The standard InChI is InChI=1S/C21H24ClN3O/c22-18-7-5-16(6-8-18)15-24-12-10-19(11-13-24)23-21(26)25-14-9-17-3-1-2-4-20(17)25/h1-8,19H,9-15H2,(H,23,26). The molecule has 4 nitrogen and oxygen atoms in total. The number of hydrogen-bond donors (Lipinski definition) is 1. The second-order valence-corrected chi connectivity index (χ2v) is 7.59. The minimum atomic E-state index is 0.0473.